The van der Waals surface area contributed by atoms with E-state index < -0.39 is 6.04 Å². The maximum Gasteiger partial charge on any atom is 0.211 e. The Labute approximate surface area is 181 Å². The zero-order chi connectivity index (χ0) is 22.0. The number of anilines is 3. The number of rotatable bonds is 3. The molecule has 6 N–H and O–H groups in total. The molecule has 0 radical (unpaired) electrons. The molecule has 0 saturated carbocycles. The molecule has 31 heavy (non-hydrogen) atoms. The van der Waals surface area contributed by atoms with E-state index in [1.165, 1.54) is 12.8 Å². The lowest BCUT2D eigenvalue weighted by Crippen LogP contribution is -2.35. The average molecular weight is 416 g/mol. The van der Waals surface area contributed by atoms with Gasteiger partial charge in [-0.3, -0.25) is 10.2 Å². The number of nitrogen functional groups attached to an aromatic ring is 2. The summed E-state index contributed by atoms with van der Waals surface area (Å²) in [7, 11) is 0. The number of pyridine rings is 1. The number of fused-ring (bicyclic) bond motifs is 1. The van der Waals surface area contributed by atoms with Crippen LogP contribution in [0.3, 0.4) is 0 Å². The molecule has 1 fully saturated rings. The second-order valence-electron chi connectivity index (χ2n) is 8.08. The van der Waals surface area contributed by atoms with Crippen molar-refractivity contribution < 1.29 is 0 Å². The van der Waals surface area contributed by atoms with Gasteiger partial charge in [0.15, 0.2) is 6.19 Å². The zero-order valence-corrected chi connectivity index (χ0v) is 17.4. The highest BCUT2D eigenvalue weighted by molar-refractivity contribution is 5.98. The second-order valence-corrected chi connectivity index (χ2v) is 8.08. The van der Waals surface area contributed by atoms with Crippen molar-refractivity contribution in [3.05, 3.63) is 46.5 Å². The Morgan fingerprint density at radius 2 is 2.10 bits per heavy atom. The van der Waals surface area contributed by atoms with Gasteiger partial charge in [-0.2, -0.15) is 10.5 Å². The van der Waals surface area contributed by atoms with E-state index in [1.54, 1.807) is 0 Å². The van der Waals surface area contributed by atoms with Crippen molar-refractivity contribution in [1.29, 1.82) is 10.5 Å². The largest absolute Gasteiger partial charge is 0.397 e. The summed E-state index contributed by atoms with van der Waals surface area (Å²) >= 11 is 0. The molecule has 1 aromatic heterocycles. The molecule has 158 valence electrons. The number of aromatic nitrogens is 1. The van der Waals surface area contributed by atoms with Crippen LogP contribution in [-0.4, -0.2) is 28.9 Å². The van der Waals surface area contributed by atoms with E-state index in [1.807, 2.05) is 30.5 Å². The van der Waals surface area contributed by atoms with E-state index >= 15 is 0 Å². The molecule has 1 aromatic carbocycles. The molecule has 2 atom stereocenters. The summed E-state index contributed by atoms with van der Waals surface area (Å²) in [6.45, 7) is 5.19. The molecular formula is C22H25N9. The summed E-state index contributed by atoms with van der Waals surface area (Å²) in [5, 5.41) is 24.1. The van der Waals surface area contributed by atoms with E-state index in [0.717, 1.165) is 30.8 Å². The SMILES string of the molecule is CC1CCCN(Cc2ccccc2C2N=C(NC#N)Nc3nc(N)c(C#N)c(N)c32)C1. The zero-order valence-electron chi connectivity index (χ0n) is 17.4. The molecule has 3 heterocycles. The van der Waals surface area contributed by atoms with Gasteiger partial charge < -0.3 is 16.8 Å². The van der Waals surface area contributed by atoms with Crippen LogP contribution in [-0.2, 0) is 6.54 Å². The first-order valence-electron chi connectivity index (χ1n) is 10.3. The molecule has 0 spiro atoms. The molecule has 2 aliphatic rings. The average Bonchev–Trinajstić information content (AvgIpc) is 2.74. The maximum absolute atomic E-state index is 9.52. The van der Waals surface area contributed by atoms with Crippen LogP contribution >= 0.6 is 0 Å². The monoisotopic (exact) mass is 415 g/mol. The third kappa shape index (κ3) is 3.96. The molecule has 2 aliphatic heterocycles. The summed E-state index contributed by atoms with van der Waals surface area (Å²) in [4.78, 5) is 11.5. The smallest absolute Gasteiger partial charge is 0.211 e. The fraction of sp³-hybridized carbons (Fsp3) is 0.364. The molecule has 2 unspecified atom stereocenters. The second kappa shape index (κ2) is 8.50. The molecule has 0 aliphatic carbocycles. The third-order valence-corrected chi connectivity index (χ3v) is 5.84. The summed E-state index contributed by atoms with van der Waals surface area (Å²) in [5.41, 5.74) is 15.4. The minimum absolute atomic E-state index is 0.0406. The number of hydrogen-bond donors (Lipinski definition) is 4. The van der Waals surface area contributed by atoms with Crippen molar-refractivity contribution in [2.45, 2.75) is 32.4 Å². The van der Waals surface area contributed by atoms with Crippen LogP contribution in [0, 0.1) is 28.7 Å². The molecule has 9 nitrogen and oxygen atoms in total. The normalized spacial score (nSPS) is 20.5. The molecule has 4 rings (SSSR count). The summed E-state index contributed by atoms with van der Waals surface area (Å²) in [6.07, 6.45) is 4.33. The minimum atomic E-state index is -0.522. The number of likely N-dealkylation sites (tertiary alicyclic amines) is 1. The number of nitriles is 2. The van der Waals surface area contributed by atoms with Gasteiger partial charge in [0, 0.05) is 18.7 Å². The van der Waals surface area contributed by atoms with Crippen molar-refractivity contribution >= 4 is 23.3 Å². The fourth-order valence-electron chi connectivity index (χ4n) is 4.42. The Bertz CT molecular complexity index is 1110. The van der Waals surface area contributed by atoms with Crippen molar-refractivity contribution in [1.82, 2.24) is 15.2 Å². The Morgan fingerprint density at radius 3 is 2.84 bits per heavy atom. The summed E-state index contributed by atoms with van der Waals surface area (Å²) in [5.74, 6) is 1.37. The topological polar surface area (TPSA) is 152 Å². The van der Waals surface area contributed by atoms with Crippen LogP contribution in [0.25, 0.3) is 0 Å². The van der Waals surface area contributed by atoms with Gasteiger partial charge in [-0.05, 0) is 36.4 Å². The van der Waals surface area contributed by atoms with Gasteiger partial charge in [0.2, 0.25) is 5.96 Å². The Morgan fingerprint density at radius 1 is 1.29 bits per heavy atom. The lowest BCUT2D eigenvalue weighted by molar-refractivity contribution is 0.176. The van der Waals surface area contributed by atoms with Crippen molar-refractivity contribution in [2.75, 3.05) is 29.9 Å². The van der Waals surface area contributed by atoms with Gasteiger partial charge in [0.05, 0.1) is 5.69 Å². The highest BCUT2D eigenvalue weighted by Crippen LogP contribution is 2.41. The number of nitrogens with zero attached hydrogens (tertiary/aromatic N) is 5. The Kier molecular flexibility index (Phi) is 5.61. The lowest BCUT2D eigenvalue weighted by atomic mass is 9.91. The van der Waals surface area contributed by atoms with Gasteiger partial charge in [-0.25, -0.2) is 9.98 Å². The number of piperidine rings is 1. The van der Waals surface area contributed by atoms with Crippen LogP contribution in [0.4, 0.5) is 17.3 Å². The first kappa shape index (κ1) is 20.5. The van der Waals surface area contributed by atoms with Crippen molar-refractivity contribution in [3.8, 4) is 12.3 Å². The number of nitrogens with two attached hydrogens (primary N) is 2. The molecular weight excluding hydrogens is 390 g/mol. The first-order valence-corrected chi connectivity index (χ1v) is 10.3. The predicted molar refractivity (Wildman–Crippen MR) is 120 cm³/mol. The summed E-state index contributed by atoms with van der Waals surface area (Å²) in [6, 6.07) is 9.59. The number of benzene rings is 1. The highest BCUT2D eigenvalue weighted by Gasteiger charge is 2.31. The van der Waals surface area contributed by atoms with E-state index in [0.29, 0.717) is 17.3 Å². The van der Waals surface area contributed by atoms with Crippen molar-refractivity contribution in [3.63, 3.8) is 0 Å². The highest BCUT2D eigenvalue weighted by atomic mass is 15.2. The van der Waals surface area contributed by atoms with E-state index in [9.17, 15) is 5.26 Å². The number of aliphatic imine (C=N–C) groups is 1. The molecule has 0 bridgehead atoms. The van der Waals surface area contributed by atoms with Crippen LogP contribution < -0.4 is 22.1 Å². The molecule has 2 aromatic rings. The van der Waals surface area contributed by atoms with Crippen LogP contribution in [0.2, 0.25) is 0 Å². The van der Waals surface area contributed by atoms with Gasteiger partial charge in [-0.15, -0.1) is 0 Å². The van der Waals surface area contributed by atoms with Crippen LogP contribution in [0.1, 0.15) is 48.1 Å². The number of nitrogens with one attached hydrogen (secondary N) is 2. The van der Waals surface area contributed by atoms with E-state index in [2.05, 4.69) is 33.5 Å². The lowest BCUT2D eigenvalue weighted by Gasteiger charge is -2.32. The van der Waals surface area contributed by atoms with E-state index in [-0.39, 0.29) is 23.0 Å². The maximum atomic E-state index is 9.52. The van der Waals surface area contributed by atoms with Gasteiger partial charge in [0.1, 0.15) is 29.3 Å². The fourth-order valence-corrected chi connectivity index (χ4v) is 4.42. The third-order valence-electron chi connectivity index (χ3n) is 5.84. The quantitative estimate of drug-likeness (QED) is 0.440. The van der Waals surface area contributed by atoms with Gasteiger partial charge >= 0.3 is 0 Å². The Hall–Kier alpha value is -3.82. The van der Waals surface area contributed by atoms with Crippen LogP contribution in [0.5, 0.6) is 0 Å². The minimum Gasteiger partial charge on any atom is -0.397 e. The van der Waals surface area contributed by atoms with Crippen molar-refractivity contribution in [2.24, 2.45) is 10.9 Å². The number of hydrogen-bond acceptors (Lipinski definition) is 9. The molecule has 9 heteroatoms. The van der Waals surface area contributed by atoms with Crippen LogP contribution in [0.15, 0.2) is 29.3 Å². The molecule has 1 saturated heterocycles. The van der Waals surface area contributed by atoms with Gasteiger partial charge in [-0.1, -0.05) is 31.2 Å². The predicted octanol–water partition coefficient (Wildman–Crippen LogP) is 2.29. The first-order chi connectivity index (χ1) is 15.0. The Balaban J connectivity index is 1.81. The summed E-state index contributed by atoms with van der Waals surface area (Å²) < 4.78 is 0. The number of guanidine groups is 1. The van der Waals surface area contributed by atoms with E-state index in [4.69, 9.17) is 21.7 Å². The standard InChI is InChI=1S/C22H25N9/c1-13-5-4-8-31(10-13)11-14-6-2-3-7-15(14)19-17-18(25)16(9-23)20(26)29-21(17)30-22(28-19)27-12-24/h2-3,6-7,13,19H,4-5,8,10-11H2,1H3,(H6,25,26,27,28,29,30). The van der Waals surface area contributed by atoms with Gasteiger partial charge in [0.25, 0.3) is 0 Å². The molecule has 0 amide bonds.